The molecule has 0 amide bonds. The summed E-state index contributed by atoms with van der Waals surface area (Å²) in [5.74, 6) is 5.32. The van der Waals surface area contributed by atoms with Gasteiger partial charge in [0.25, 0.3) is 0 Å². The SMILES string of the molecule is CC(NN)c1ccccc1I. The summed E-state index contributed by atoms with van der Waals surface area (Å²) in [6.07, 6.45) is 0. The van der Waals surface area contributed by atoms with Gasteiger partial charge >= 0.3 is 0 Å². The highest BCUT2D eigenvalue weighted by Gasteiger charge is 2.04. The molecule has 11 heavy (non-hydrogen) atoms. The lowest BCUT2D eigenvalue weighted by Crippen LogP contribution is -2.26. The van der Waals surface area contributed by atoms with Crippen LogP contribution in [0.5, 0.6) is 0 Å². The fourth-order valence-corrected chi connectivity index (χ4v) is 1.77. The van der Waals surface area contributed by atoms with Gasteiger partial charge in [-0.1, -0.05) is 18.2 Å². The first kappa shape index (κ1) is 8.96. The molecule has 0 aliphatic rings. The lowest BCUT2D eigenvalue weighted by atomic mass is 10.1. The van der Waals surface area contributed by atoms with Crippen LogP contribution in [0.2, 0.25) is 0 Å². The third-order valence-corrected chi connectivity index (χ3v) is 2.60. The van der Waals surface area contributed by atoms with Crippen molar-refractivity contribution < 1.29 is 0 Å². The van der Waals surface area contributed by atoms with E-state index in [2.05, 4.69) is 40.1 Å². The molecule has 0 spiro atoms. The van der Waals surface area contributed by atoms with E-state index in [0.29, 0.717) is 0 Å². The predicted molar refractivity (Wildman–Crippen MR) is 54.9 cm³/mol. The van der Waals surface area contributed by atoms with E-state index in [9.17, 15) is 0 Å². The molecule has 1 aromatic rings. The quantitative estimate of drug-likeness (QED) is 0.484. The first-order chi connectivity index (χ1) is 5.25. The summed E-state index contributed by atoms with van der Waals surface area (Å²) in [6, 6.07) is 8.42. The maximum atomic E-state index is 5.32. The van der Waals surface area contributed by atoms with E-state index < -0.39 is 0 Å². The van der Waals surface area contributed by atoms with Crippen LogP contribution in [0.1, 0.15) is 18.5 Å². The van der Waals surface area contributed by atoms with Crippen molar-refractivity contribution >= 4 is 22.6 Å². The summed E-state index contributed by atoms with van der Waals surface area (Å²) in [7, 11) is 0. The van der Waals surface area contributed by atoms with Crippen LogP contribution in [0.15, 0.2) is 24.3 Å². The molecule has 2 nitrogen and oxygen atoms in total. The van der Waals surface area contributed by atoms with Crippen LogP contribution in [-0.4, -0.2) is 0 Å². The summed E-state index contributed by atoms with van der Waals surface area (Å²) >= 11 is 2.30. The number of halogens is 1. The van der Waals surface area contributed by atoms with Crippen LogP contribution in [0.3, 0.4) is 0 Å². The minimum absolute atomic E-state index is 0.225. The summed E-state index contributed by atoms with van der Waals surface area (Å²) in [5.41, 5.74) is 3.96. The van der Waals surface area contributed by atoms with E-state index in [0.717, 1.165) is 0 Å². The lowest BCUT2D eigenvalue weighted by molar-refractivity contribution is 0.600. The Kier molecular flexibility index (Phi) is 3.29. The van der Waals surface area contributed by atoms with Crippen LogP contribution in [0.4, 0.5) is 0 Å². The van der Waals surface area contributed by atoms with Gasteiger partial charge in [0.15, 0.2) is 0 Å². The maximum absolute atomic E-state index is 5.32. The van der Waals surface area contributed by atoms with Gasteiger partial charge in [-0.05, 0) is 41.1 Å². The van der Waals surface area contributed by atoms with Crippen molar-refractivity contribution in [3.05, 3.63) is 33.4 Å². The summed E-state index contributed by atoms with van der Waals surface area (Å²) in [5, 5.41) is 0. The van der Waals surface area contributed by atoms with Crippen LogP contribution in [0.25, 0.3) is 0 Å². The largest absolute Gasteiger partial charge is 0.271 e. The molecule has 0 aliphatic carbocycles. The minimum atomic E-state index is 0.225. The fourth-order valence-electron chi connectivity index (χ4n) is 0.916. The van der Waals surface area contributed by atoms with Gasteiger partial charge in [0.1, 0.15) is 0 Å². The Morgan fingerprint density at radius 1 is 1.45 bits per heavy atom. The number of nitrogens with one attached hydrogen (secondary N) is 1. The Bertz CT molecular complexity index is 237. The molecule has 1 rings (SSSR count). The van der Waals surface area contributed by atoms with Gasteiger partial charge in [0.05, 0.1) is 0 Å². The highest BCUT2D eigenvalue weighted by molar-refractivity contribution is 14.1. The third kappa shape index (κ3) is 2.15. The van der Waals surface area contributed by atoms with Crippen molar-refractivity contribution in [3.63, 3.8) is 0 Å². The predicted octanol–water partition coefficient (Wildman–Crippen LogP) is 1.82. The Hall–Kier alpha value is -0.130. The van der Waals surface area contributed by atoms with Gasteiger partial charge in [-0.15, -0.1) is 0 Å². The van der Waals surface area contributed by atoms with Gasteiger partial charge in [0.2, 0.25) is 0 Å². The van der Waals surface area contributed by atoms with Crippen molar-refractivity contribution in [2.45, 2.75) is 13.0 Å². The molecule has 0 saturated heterocycles. The molecule has 1 unspecified atom stereocenters. The Morgan fingerprint density at radius 2 is 2.09 bits per heavy atom. The van der Waals surface area contributed by atoms with Crippen molar-refractivity contribution in [1.29, 1.82) is 0 Å². The molecular formula is C8H11IN2. The second kappa shape index (κ2) is 4.04. The lowest BCUT2D eigenvalue weighted by Gasteiger charge is -2.11. The number of hydrogen-bond donors (Lipinski definition) is 2. The molecule has 0 bridgehead atoms. The monoisotopic (exact) mass is 262 g/mol. The summed E-state index contributed by atoms with van der Waals surface area (Å²) < 4.78 is 1.25. The van der Waals surface area contributed by atoms with Gasteiger partial charge in [-0.2, -0.15) is 0 Å². The number of hydrogen-bond acceptors (Lipinski definition) is 2. The minimum Gasteiger partial charge on any atom is -0.271 e. The maximum Gasteiger partial charge on any atom is 0.0442 e. The molecule has 0 fully saturated rings. The first-order valence-corrected chi connectivity index (χ1v) is 4.54. The van der Waals surface area contributed by atoms with Gasteiger partial charge in [-0.3, -0.25) is 11.3 Å². The van der Waals surface area contributed by atoms with E-state index in [1.54, 1.807) is 0 Å². The topological polar surface area (TPSA) is 38.0 Å². The molecule has 0 saturated carbocycles. The summed E-state index contributed by atoms with van der Waals surface area (Å²) in [6.45, 7) is 2.04. The van der Waals surface area contributed by atoms with Crippen molar-refractivity contribution in [2.24, 2.45) is 5.84 Å². The Morgan fingerprint density at radius 3 is 2.64 bits per heavy atom. The molecule has 60 valence electrons. The second-order valence-electron chi connectivity index (χ2n) is 2.41. The number of benzene rings is 1. The van der Waals surface area contributed by atoms with E-state index in [1.165, 1.54) is 9.13 Å². The fraction of sp³-hybridized carbons (Fsp3) is 0.250. The van der Waals surface area contributed by atoms with E-state index >= 15 is 0 Å². The smallest absolute Gasteiger partial charge is 0.0442 e. The number of nitrogens with two attached hydrogens (primary N) is 1. The third-order valence-electron chi connectivity index (χ3n) is 1.62. The van der Waals surface area contributed by atoms with E-state index in [-0.39, 0.29) is 6.04 Å². The van der Waals surface area contributed by atoms with Crippen molar-refractivity contribution in [1.82, 2.24) is 5.43 Å². The van der Waals surface area contributed by atoms with Crippen LogP contribution < -0.4 is 11.3 Å². The van der Waals surface area contributed by atoms with Gasteiger partial charge in [-0.25, -0.2) is 0 Å². The van der Waals surface area contributed by atoms with Crippen molar-refractivity contribution in [3.8, 4) is 0 Å². The Balaban J connectivity index is 2.93. The first-order valence-electron chi connectivity index (χ1n) is 3.46. The highest BCUT2D eigenvalue weighted by Crippen LogP contribution is 2.17. The molecule has 0 radical (unpaired) electrons. The van der Waals surface area contributed by atoms with Gasteiger partial charge in [0, 0.05) is 9.61 Å². The standard InChI is InChI=1S/C8H11IN2/c1-6(11-10)7-4-2-3-5-8(7)9/h2-6,11H,10H2,1H3. The Labute approximate surface area is 80.3 Å². The summed E-state index contributed by atoms with van der Waals surface area (Å²) in [4.78, 5) is 0. The van der Waals surface area contributed by atoms with Gasteiger partial charge < -0.3 is 0 Å². The average molecular weight is 262 g/mol. The molecule has 3 N–H and O–H groups in total. The molecule has 3 heteroatoms. The average Bonchev–Trinajstić information content (AvgIpc) is 2.04. The molecule has 1 aromatic carbocycles. The molecule has 0 aromatic heterocycles. The zero-order valence-corrected chi connectivity index (χ0v) is 8.50. The molecular weight excluding hydrogens is 251 g/mol. The van der Waals surface area contributed by atoms with E-state index in [4.69, 9.17) is 5.84 Å². The molecule has 1 atom stereocenters. The van der Waals surface area contributed by atoms with Crippen molar-refractivity contribution in [2.75, 3.05) is 0 Å². The second-order valence-corrected chi connectivity index (χ2v) is 3.57. The molecule has 0 heterocycles. The normalized spacial score (nSPS) is 13.0. The number of rotatable bonds is 2. The van der Waals surface area contributed by atoms with Crippen LogP contribution in [0, 0.1) is 3.57 Å². The zero-order chi connectivity index (χ0) is 8.27. The molecule has 0 aliphatic heterocycles. The van der Waals surface area contributed by atoms with Crippen LogP contribution >= 0.6 is 22.6 Å². The van der Waals surface area contributed by atoms with E-state index in [1.807, 2.05) is 19.1 Å². The zero-order valence-electron chi connectivity index (χ0n) is 6.34. The van der Waals surface area contributed by atoms with Crippen LogP contribution in [-0.2, 0) is 0 Å². The number of hydrazine groups is 1. The highest BCUT2D eigenvalue weighted by atomic mass is 127.